The topological polar surface area (TPSA) is 3.24 Å². The number of nitrogens with zero attached hydrogens (tertiary/aromatic N) is 1. The second-order valence-corrected chi connectivity index (χ2v) is 5.60. The zero-order valence-electron chi connectivity index (χ0n) is 12.9. The fraction of sp³-hybridized carbons (Fsp3) is 0.143. The summed E-state index contributed by atoms with van der Waals surface area (Å²) in [5.41, 5.74) is 5.31. The van der Waals surface area contributed by atoms with Crippen molar-refractivity contribution in [3.8, 4) is 0 Å². The molecule has 3 aromatic rings. The van der Waals surface area contributed by atoms with Crippen molar-refractivity contribution < 1.29 is 0 Å². The van der Waals surface area contributed by atoms with Gasteiger partial charge < -0.3 is 4.90 Å². The lowest BCUT2D eigenvalue weighted by Crippen LogP contribution is -2.22. The van der Waals surface area contributed by atoms with Gasteiger partial charge in [0.2, 0.25) is 0 Å². The molecule has 0 aliphatic carbocycles. The van der Waals surface area contributed by atoms with E-state index >= 15 is 0 Å². The molecular formula is C21H21N. The Kier molecular flexibility index (Phi) is 4.55. The molecule has 0 bridgehead atoms. The molecule has 0 N–H and O–H groups in total. The van der Waals surface area contributed by atoms with Gasteiger partial charge in [-0.05, 0) is 35.7 Å². The van der Waals surface area contributed by atoms with Crippen LogP contribution < -0.4 is 4.90 Å². The molecule has 0 radical (unpaired) electrons. The Morgan fingerprint density at radius 1 is 0.636 bits per heavy atom. The molecule has 3 aromatic carbocycles. The van der Waals surface area contributed by atoms with Crippen molar-refractivity contribution in [1.29, 1.82) is 0 Å². The summed E-state index contributed by atoms with van der Waals surface area (Å²) in [5, 5.41) is 0. The third-order valence-electron chi connectivity index (χ3n) is 3.96. The molecule has 1 heteroatoms. The number of hydrogen-bond donors (Lipinski definition) is 0. The highest BCUT2D eigenvalue weighted by Crippen LogP contribution is 2.21. The molecule has 0 fully saturated rings. The summed E-state index contributed by atoms with van der Waals surface area (Å²) in [6.07, 6.45) is 0. The third-order valence-corrected chi connectivity index (χ3v) is 3.96. The largest absolute Gasteiger partial charge is 0.363 e. The van der Waals surface area contributed by atoms with Gasteiger partial charge in [-0.25, -0.2) is 0 Å². The van der Waals surface area contributed by atoms with Crippen LogP contribution in [0.1, 0.15) is 16.7 Å². The average molecular weight is 287 g/mol. The SMILES string of the molecule is Cc1ccccc1CN(Cc1ccccc1)c1ccccc1. The maximum atomic E-state index is 2.43. The van der Waals surface area contributed by atoms with Crippen molar-refractivity contribution in [2.24, 2.45) is 0 Å². The smallest absolute Gasteiger partial charge is 0.0435 e. The van der Waals surface area contributed by atoms with Gasteiger partial charge in [0, 0.05) is 18.8 Å². The Labute approximate surface area is 132 Å². The lowest BCUT2D eigenvalue weighted by Gasteiger charge is -2.26. The van der Waals surface area contributed by atoms with Gasteiger partial charge >= 0.3 is 0 Å². The first-order chi connectivity index (χ1) is 10.8. The van der Waals surface area contributed by atoms with E-state index in [0.717, 1.165) is 13.1 Å². The normalized spacial score (nSPS) is 10.4. The molecule has 110 valence electrons. The third kappa shape index (κ3) is 3.56. The summed E-state index contributed by atoms with van der Waals surface area (Å²) >= 11 is 0. The van der Waals surface area contributed by atoms with Crippen LogP contribution in [0.5, 0.6) is 0 Å². The Morgan fingerprint density at radius 3 is 1.91 bits per heavy atom. The Hall–Kier alpha value is -2.54. The summed E-state index contributed by atoms with van der Waals surface area (Å²) in [5.74, 6) is 0. The number of anilines is 1. The van der Waals surface area contributed by atoms with E-state index in [1.165, 1.54) is 22.4 Å². The van der Waals surface area contributed by atoms with Gasteiger partial charge in [0.25, 0.3) is 0 Å². The molecule has 0 amide bonds. The van der Waals surface area contributed by atoms with E-state index in [1.54, 1.807) is 0 Å². The highest BCUT2D eigenvalue weighted by molar-refractivity contribution is 5.48. The fourth-order valence-corrected chi connectivity index (χ4v) is 2.67. The van der Waals surface area contributed by atoms with E-state index < -0.39 is 0 Å². The Bertz CT molecular complexity index is 704. The van der Waals surface area contributed by atoms with E-state index in [2.05, 4.69) is 96.8 Å². The second kappa shape index (κ2) is 6.95. The van der Waals surface area contributed by atoms with E-state index in [9.17, 15) is 0 Å². The number of para-hydroxylation sites is 1. The second-order valence-electron chi connectivity index (χ2n) is 5.60. The van der Waals surface area contributed by atoms with Gasteiger partial charge in [-0.15, -0.1) is 0 Å². The van der Waals surface area contributed by atoms with Crippen molar-refractivity contribution in [1.82, 2.24) is 0 Å². The summed E-state index contributed by atoms with van der Waals surface area (Å²) in [6, 6.07) is 29.9. The predicted octanol–water partition coefficient (Wildman–Crippen LogP) is 5.20. The van der Waals surface area contributed by atoms with Crippen LogP contribution in [0, 0.1) is 6.92 Å². The summed E-state index contributed by atoms with van der Waals surface area (Å²) < 4.78 is 0. The molecule has 0 saturated heterocycles. The van der Waals surface area contributed by atoms with Crippen LogP contribution in [0.4, 0.5) is 5.69 Å². The number of benzene rings is 3. The molecule has 0 heterocycles. The number of rotatable bonds is 5. The van der Waals surface area contributed by atoms with E-state index in [4.69, 9.17) is 0 Å². The molecule has 22 heavy (non-hydrogen) atoms. The van der Waals surface area contributed by atoms with Crippen molar-refractivity contribution in [3.63, 3.8) is 0 Å². The van der Waals surface area contributed by atoms with Gasteiger partial charge in [0.05, 0.1) is 0 Å². The van der Waals surface area contributed by atoms with E-state index in [0.29, 0.717) is 0 Å². The first kappa shape index (κ1) is 14.4. The van der Waals surface area contributed by atoms with Crippen LogP contribution in [-0.4, -0.2) is 0 Å². The van der Waals surface area contributed by atoms with Gasteiger partial charge in [0.1, 0.15) is 0 Å². The molecule has 0 atom stereocenters. The monoisotopic (exact) mass is 287 g/mol. The lowest BCUT2D eigenvalue weighted by molar-refractivity contribution is 0.796. The fourth-order valence-electron chi connectivity index (χ4n) is 2.67. The zero-order chi connectivity index (χ0) is 15.2. The Morgan fingerprint density at radius 2 is 1.23 bits per heavy atom. The first-order valence-corrected chi connectivity index (χ1v) is 7.71. The average Bonchev–Trinajstić information content (AvgIpc) is 2.58. The molecule has 3 rings (SSSR count). The zero-order valence-corrected chi connectivity index (χ0v) is 12.9. The molecule has 0 aromatic heterocycles. The first-order valence-electron chi connectivity index (χ1n) is 7.71. The van der Waals surface area contributed by atoms with Crippen molar-refractivity contribution in [2.45, 2.75) is 20.0 Å². The molecular weight excluding hydrogens is 266 g/mol. The number of aryl methyl sites for hydroxylation is 1. The van der Waals surface area contributed by atoms with Gasteiger partial charge in [0.15, 0.2) is 0 Å². The van der Waals surface area contributed by atoms with Crippen LogP contribution in [0.25, 0.3) is 0 Å². The standard InChI is InChI=1S/C21H21N/c1-18-10-8-9-13-20(18)17-22(21-14-6-3-7-15-21)16-19-11-4-2-5-12-19/h2-15H,16-17H2,1H3. The van der Waals surface area contributed by atoms with Crippen LogP contribution >= 0.6 is 0 Å². The minimum atomic E-state index is 0.916. The molecule has 0 aliphatic rings. The van der Waals surface area contributed by atoms with E-state index in [1.807, 2.05) is 0 Å². The van der Waals surface area contributed by atoms with Crippen molar-refractivity contribution >= 4 is 5.69 Å². The molecule has 0 saturated carbocycles. The van der Waals surface area contributed by atoms with Crippen LogP contribution in [0.3, 0.4) is 0 Å². The van der Waals surface area contributed by atoms with Crippen LogP contribution in [0.2, 0.25) is 0 Å². The van der Waals surface area contributed by atoms with Gasteiger partial charge in [-0.1, -0.05) is 72.8 Å². The quantitative estimate of drug-likeness (QED) is 0.623. The maximum Gasteiger partial charge on any atom is 0.0435 e. The minimum Gasteiger partial charge on any atom is -0.363 e. The minimum absolute atomic E-state index is 0.916. The van der Waals surface area contributed by atoms with E-state index in [-0.39, 0.29) is 0 Å². The van der Waals surface area contributed by atoms with Crippen LogP contribution in [-0.2, 0) is 13.1 Å². The predicted molar refractivity (Wildman–Crippen MR) is 94.0 cm³/mol. The Balaban J connectivity index is 1.88. The summed E-state index contributed by atoms with van der Waals surface area (Å²) in [6.45, 7) is 4.02. The molecule has 0 spiro atoms. The lowest BCUT2D eigenvalue weighted by atomic mass is 10.1. The highest BCUT2D eigenvalue weighted by atomic mass is 15.1. The van der Waals surface area contributed by atoms with Crippen molar-refractivity contribution in [2.75, 3.05) is 4.90 Å². The van der Waals surface area contributed by atoms with Crippen molar-refractivity contribution in [3.05, 3.63) is 102 Å². The summed E-state index contributed by atoms with van der Waals surface area (Å²) in [4.78, 5) is 2.43. The maximum absolute atomic E-state index is 2.43. The van der Waals surface area contributed by atoms with Gasteiger partial charge in [-0.2, -0.15) is 0 Å². The van der Waals surface area contributed by atoms with Gasteiger partial charge in [-0.3, -0.25) is 0 Å². The highest BCUT2D eigenvalue weighted by Gasteiger charge is 2.09. The molecule has 1 nitrogen and oxygen atoms in total. The number of hydrogen-bond acceptors (Lipinski definition) is 1. The molecule has 0 unspecified atom stereocenters. The molecule has 0 aliphatic heterocycles. The summed E-state index contributed by atoms with van der Waals surface area (Å²) in [7, 11) is 0. The van der Waals surface area contributed by atoms with Crippen LogP contribution in [0.15, 0.2) is 84.9 Å².